The molecule has 0 aromatic carbocycles. The van der Waals surface area contributed by atoms with Crippen molar-refractivity contribution in [3.8, 4) is 0 Å². The van der Waals surface area contributed by atoms with Crippen molar-refractivity contribution in [1.29, 1.82) is 0 Å². The molecule has 0 saturated heterocycles. The Morgan fingerprint density at radius 1 is 1.47 bits per heavy atom. The molecule has 1 heterocycles. The molecule has 4 nitrogen and oxygen atoms in total. The van der Waals surface area contributed by atoms with Crippen LogP contribution in [-0.4, -0.2) is 15.8 Å². The van der Waals surface area contributed by atoms with E-state index in [0.29, 0.717) is 16.4 Å². The molecule has 0 aliphatic rings. The molecule has 5 heteroatoms. The van der Waals surface area contributed by atoms with Crippen molar-refractivity contribution in [2.45, 2.75) is 26.8 Å². The number of nitrogens with one attached hydrogen (secondary N) is 1. The minimum Gasteiger partial charge on any atom is -0.380 e. The summed E-state index contributed by atoms with van der Waals surface area (Å²) < 4.78 is 1.84. The van der Waals surface area contributed by atoms with Crippen LogP contribution < -0.4 is 10.9 Å². The highest BCUT2D eigenvalue weighted by Gasteiger charge is 2.11. The van der Waals surface area contributed by atoms with Crippen LogP contribution in [0, 0.1) is 5.92 Å². The Labute approximate surface area is 97.8 Å². The molecule has 1 unspecified atom stereocenters. The Balaban J connectivity index is 2.97. The summed E-state index contributed by atoms with van der Waals surface area (Å²) in [6, 6.07) is 0.301. The molecule has 15 heavy (non-hydrogen) atoms. The zero-order valence-corrected chi connectivity index (χ0v) is 11.0. The van der Waals surface area contributed by atoms with Crippen molar-refractivity contribution in [3.63, 3.8) is 0 Å². The summed E-state index contributed by atoms with van der Waals surface area (Å²) >= 11 is 3.27. The zero-order chi connectivity index (χ0) is 11.6. The number of rotatable bonds is 3. The predicted octanol–water partition coefficient (Wildman–Crippen LogP) is 2.00. The highest BCUT2D eigenvalue weighted by molar-refractivity contribution is 9.10. The number of aryl methyl sites for hydroxylation is 1. The van der Waals surface area contributed by atoms with Crippen molar-refractivity contribution in [2.75, 3.05) is 5.32 Å². The summed E-state index contributed by atoms with van der Waals surface area (Å²) in [6.45, 7) is 6.33. The second-order valence-electron chi connectivity index (χ2n) is 3.98. The van der Waals surface area contributed by atoms with E-state index in [-0.39, 0.29) is 5.56 Å². The molecule has 0 aliphatic heterocycles. The van der Waals surface area contributed by atoms with Gasteiger partial charge in [0.2, 0.25) is 0 Å². The molecule has 0 spiro atoms. The quantitative estimate of drug-likeness (QED) is 0.917. The minimum absolute atomic E-state index is 0.129. The number of anilines is 1. The van der Waals surface area contributed by atoms with Gasteiger partial charge in [-0.15, -0.1) is 0 Å². The lowest BCUT2D eigenvalue weighted by Gasteiger charge is -2.19. The van der Waals surface area contributed by atoms with Gasteiger partial charge in [0.25, 0.3) is 5.56 Å². The van der Waals surface area contributed by atoms with Crippen LogP contribution in [0.4, 0.5) is 5.69 Å². The van der Waals surface area contributed by atoms with Crippen LogP contribution in [0.5, 0.6) is 0 Å². The van der Waals surface area contributed by atoms with Gasteiger partial charge in [0.05, 0.1) is 11.9 Å². The summed E-state index contributed by atoms with van der Waals surface area (Å²) in [6.07, 6.45) is 1.66. The molecule has 1 aromatic rings. The maximum Gasteiger partial charge on any atom is 0.282 e. The standard InChI is InChI=1S/C10H16BrN3O/c1-6(2)7(3)13-8-5-12-14(4)10(15)9(8)11/h5-7,13H,1-4H3. The lowest BCUT2D eigenvalue weighted by atomic mass is 10.1. The van der Waals surface area contributed by atoms with Gasteiger partial charge in [0.1, 0.15) is 4.47 Å². The molecule has 0 fully saturated rings. The third-order valence-corrected chi connectivity index (χ3v) is 3.23. The van der Waals surface area contributed by atoms with Gasteiger partial charge in [0, 0.05) is 13.1 Å². The van der Waals surface area contributed by atoms with Crippen LogP contribution in [0.3, 0.4) is 0 Å². The third kappa shape index (κ3) is 2.81. The molecule has 1 atom stereocenters. The van der Waals surface area contributed by atoms with Crippen LogP contribution in [0.2, 0.25) is 0 Å². The Hall–Kier alpha value is -0.840. The summed E-state index contributed by atoms with van der Waals surface area (Å²) in [4.78, 5) is 11.6. The fourth-order valence-electron chi connectivity index (χ4n) is 1.02. The van der Waals surface area contributed by atoms with Crippen molar-refractivity contribution >= 4 is 21.6 Å². The molecule has 0 saturated carbocycles. The molecule has 1 N–H and O–H groups in total. The van der Waals surface area contributed by atoms with E-state index in [1.807, 2.05) is 0 Å². The maximum atomic E-state index is 11.6. The Bertz CT molecular complexity index is 400. The van der Waals surface area contributed by atoms with E-state index in [0.717, 1.165) is 5.69 Å². The van der Waals surface area contributed by atoms with Crippen LogP contribution in [0.25, 0.3) is 0 Å². The van der Waals surface area contributed by atoms with Gasteiger partial charge in [-0.1, -0.05) is 13.8 Å². The fraction of sp³-hybridized carbons (Fsp3) is 0.600. The minimum atomic E-state index is -0.129. The van der Waals surface area contributed by atoms with Gasteiger partial charge >= 0.3 is 0 Å². The predicted molar refractivity (Wildman–Crippen MR) is 65.1 cm³/mol. The van der Waals surface area contributed by atoms with E-state index in [2.05, 4.69) is 47.1 Å². The number of hydrogen-bond donors (Lipinski definition) is 1. The van der Waals surface area contributed by atoms with Crippen LogP contribution in [-0.2, 0) is 7.05 Å². The van der Waals surface area contributed by atoms with Gasteiger partial charge < -0.3 is 5.32 Å². The fourth-order valence-corrected chi connectivity index (χ4v) is 1.50. The number of nitrogens with zero attached hydrogens (tertiary/aromatic N) is 2. The molecule has 0 radical (unpaired) electrons. The summed E-state index contributed by atoms with van der Waals surface area (Å²) in [5.74, 6) is 0.501. The molecular weight excluding hydrogens is 258 g/mol. The molecular formula is C10H16BrN3O. The first-order valence-corrected chi connectivity index (χ1v) is 5.71. The van der Waals surface area contributed by atoms with E-state index >= 15 is 0 Å². The van der Waals surface area contributed by atoms with E-state index in [1.54, 1.807) is 13.2 Å². The normalized spacial score (nSPS) is 12.9. The van der Waals surface area contributed by atoms with Crippen molar-refractivity contribution < 1.29 is 0 Å². The van der Waals surface area contributed by atoms with Crippen LogP contribution in [0.15, 0.2) is 15.5 Å². The maximum absolute atomic E-state index is 11.6. The Morgan fingerprint density at radius 3 is 2.60 bits per heavy atom. The van der Waals surface area contributed by atoms with Crippen LogP contribution in [0.1, 0.15) is 20.8 Å². The first-order chi connectivity index (χ1) is 6.93. The average molecular weight is 274 g/mol. The summed E-state index contributed by atoms with van der Waals surface area (Å²) in [5.41, 5.74) is 0.621. The first kappa shape index (κ1) is 12.2. The summed E-state index contributed by atoms with van der Waals surface area (Å²) in [5, 5.41) is 7.22. The van der Waals surface area contributed by atoms with Gasteiger partial charge in [-0.05, 0) is 28.8 Å². The zero-order valence-electron chi connectivity index (χ0n) is 9.41. The van der Waals surface area contributed by atoms with E-state index in [4.69, 9.17) is 0 Å². The van der Waals surface area contributed by atoms with E-state index < -0.39 is 0 Å². The van der Waals surface area contributed by atoms with Crippen molar-refractivity contribution in [1.82, 2.24) is 9.78 Å². The van der Waals surface area contributed by atoms with Gasteiger partial charge in [-0.3, -0.25) is 4.79 Å². The number of halogens is 1. The van der Waals surface area contributed by atoms with Crippen LogP contribution >= 0.6 is 15.9 Å². The SMILES string of the molecule is CC(C)C(C)Nc1cnn(C)c(=O)c1Br. The number of aromatic nitrogens is 2. The van der Waals surface area contributed by atoms with Crippen molar-refractivity contribution in [3.05, 3.63) is 21.0 Å². The van der Waals surface area contributed by atoms with Gasteiger partial charge in [0.15, 0.2) is 0 Å². The first-order valence-electron chi connectivity index (χ1n) is 4.91. The molecule has 84 valence electrons. The highest BCUT2D eigenvalue weighted by atomic mass is 79.9. The second-order valence-corrected chi connectivity index (χ2v) is 4.77. The lowest BCUT2D eigenvalue weighted by Crippen LogP contribution is -2.26. The smallest absolute Gasteiger partial charge is 0.282 e. The lowest BCUT2D eigenvalue weighted by molar-refractivity contribution is 0.558. The molecule has 1 rings (SSSR count). The second kappa shape index (κ2) is 4.79. The highest BCUT2D eigenvalue weighted by Crippen LogP contribution is 2.18. The summed E-state index contributed by atoms with van der Waals surface area (Å²) in [7, 11) is 1.63. The monoisotopic (exact) mass is 273 g/mol. The topological polar surface area (TPSA) is 46.9 Å². The molecule has 1 aromatic heterocycles. The van der Waals surface area contributed by atoms with E-state index in [9.17, 15) is 4.79 Å². The van der Waals surface area contributed by atoms with Gasteiger partial charge in [-0.2, -0.15) is 5.10 Å². The van der Waals surface area contributed by atoms with Crippen molar-refractivity contribution in [2.24, 2.45) is 13.0 Å². The molecule has 0 aliphatic carbocycles. The molecule has 0 bridgehead atoms. The van der Waals surface area contributed by atoms with E-state index in [1.165, 1.54) is 4.68 Å². The third-order valence-electron chi connectivity index (χ3n) is 2.46. The Morgan fingerprint density at radius 2 is 2.07 bits per heavy atom. The largest absolute Gasteiger partial charge is 0.380 e. The number of hydrogen-bond acceptors (Lipinski definition) is 3. The molecule has 0 amide bonds. The van der Waals surface area contributed by atoms with Gasteiger partial charge in [-0.25, -0.2) is 4.68 Å². The Kier molecular flexibility index (Phi) is 3.90. The average Bonchev–Trinajstić information content (AvgIpc) is 2.18.